The highest BCUT2D eigenvalue weighted by atomic mass is 35.5. The van der Waals surface area contributed by atoms with Gasteiger partial charge in [-0.15, -0.1) is 0 Å². The number of benzene rings is 2. The van der Waals surface area contributed by atoms with Gasteiger partial charge in [-0.2, -0.15) is 5.10 Å². The number of aromatic amines is 1. The van der Waals surface area contributed by atoms with Crippen LogP contribution in [0, 0.1) is 10.6 Å². The highest BCUT2D eigenvalue weighted by Gasteiger charge is 2.12. The lowest BCUT2D eigenvalue weighted by atomic mass is 10.2. The molecule has 3 rings (SSSR count). The molecule has 2 aromatic carbocycles. The first kappa shape index (κ1) is 18.2. The Hall–Kier alpha value is -2.58. The smallest absolute Gasteiger partial charge is 0.214 e. The summed E-state index contributed by atoms with van der Waals surface area (Å²) in [6.07, 6.45) is 1.54. The molecule has 0 aliphatic carbocycles. The number of para-hydroxylation sites is 1. The fourth-order valence-corrected chi connectivity index (χ4v) is 2.73. The first-order chi connectivity index (χ1) is 12.6. The molecule has 9 heteroatoms. The van der Waals surface area contributed by atoms with Crippen molar-refractivity contribution in [2.24, 2.45) is 0 Å². The van der Waals surface area contributed by atoms with Gasteiger partial charge in [0.15, 0.2) is 11.5 Å². The molecule has 2 N–H and O–H groups in total. The summed E-state index contributed by atoms with van der Waals surface area (Å²) in [5.74, 6) is 0.758. The SMILES string of the molecule is COc1cccc(CNn2cn[nH]c2=S)c1OCc1ccc(F)cc1Cl. The molecule has 1 aromatic heterocycles. The average Bonchev–Trinajstić information content (AvgIpc) is 3.04. The van der Waals surface area contributed by atoms with Crippen LogP contribution >= 0.6 is 23.8 Å². The van der Waals surface area contributed by atoms with Crippen LogP contribution in [-0.2, 0) is 13.2 Å². The summed E-state index contributed by atoms with van der Waals surface area (Å²) in [5.41, 5.74) is 4.65. The molecule has 6 nitrogen and oxygen atoms in total. The maximum Gasteiger partial charge on any atom is 0.214 e. The van der Waals surface area contributed by atoms with E-state index in [0.29, 0.717) is 33.4 Å². The van der Waals surface area contributed by atoms with E-state index in [-0.39, 0.29) is 6.61 Å². The van der Waals surface area contributed by atoms with Crippen molar-refractivity contribution in [3.63, 3.8) is 0 Å². The predicted molar refractivity (Wildman–Crippen MR) is 99.2 cm³/mol. The Morgan fingerprint density at radius 1 is 1.31 bits per heavy atom. The third-order valence-electron chi connectivity index (χ3n) is 3.66. The number of rotatable bonds is 7. The van der Waals surface area contributed by atoms with Gasteiger partial charge in [-0.3, -0.25) is 5.10 Å². The van der Waals surface area contributed by atoms with Gasteiger partial charge >= 0.3 is 0 Å². The standard InChI is InChI=1S/C17H16ClFN4O2S/c1-24-15-4-2-3-11(8-21-23-10-20-22-17(23)26)16(15)25-9-12-5-6-13(19)7-14(12)18/h2-7,10,21H,8-9H2,1H3,(H,22,26). The van der Waals surface area contributed by atoms with Gasteiger partial charge in [-0.25, -0.2) is 9.07 Å². The molecule has 136 valence electrons. The predicted octanol–water partition coefficient (Wildman–Crippen LogP) is 4.06. The van der Waals surface area contributed by atoms with Crippen LogP contribution in [-0.4, -0.2) is 22.0 Å². The first-order valence-corrected chi connectivity index (χ1v) is 8.45. The van der Waals surface area contributed by atoms with Crippen LogP contribution in [0.2, 0.25) is 5.02 Å². The average molecular weight is 395 g/mol. The fourth-order valence-electron chi connectivity index (χ4n) is 2.34. The molecule has 0 spiro atoms. The van der Waals surface area contributed by atoms with Crippen molar-refractivity contribution in [2.75, 3.05) is 12.5 Å². The van der Waals surface area contributed by atoms with E-state index < -0.39 is 5.82 Å². The van der Waals surface area contributed by atoms with Gasteiger partial charge < -0.3 is 14.9 Å². The fraction of sp³-hybridized carbons (Fsp3) is 0.176. The van der Waals surface area contributed by atoms with E-state index in [9.17, 15) is 4.39 Å². The summed E-state index contributed by atoms with van der Waals surface area (Å²) in [5, 5.41) is 6.83. The number of hydrogen-bond acceptors (Lipinski definition) is 5. The Bertz CT molecular complexity index is 960. The topological polar surface area (TPSA) is 64.1 Å². The van der Waals surface area contributed by atoms with Crippen molar-refractivity contribution < 1.29 is 13.9 Å². The van der Waals surface area contributed by atoms with Gasteiger partial charge in [0.05, 0.1) is 18.7 Å². The number of nitrogens with zero attached hydrogens (tertiary/aromatic N) is 2. The van der Waals surface area contributed by atoms with Crippen molar-refractivity contribution in [2.45, 2.75) is 13.2 Å². The number of methoxy groups -OCH3 is 1. The number of hydrogen-bond donors (Lipinski definition) is 2. The van der Waals surface area contributed by atoms with Crippen LogP contribution in [0.3, 0.4) is 0 Å². The normalized spacial score (nSPS) is 10.6. The van der Waals surface area contributed by atoms with Gasteiger partial charge in [0, 0.05) is 11.1 Å². The van der Waals surface area contributed by atoms with Crippen molar-refractivity contribution in [3.8, 4) is 11.5 Å². The molecule has 0 amide bonds. The molecule has 0 bridgehead atoms. The molecular weight excluding hydrogens is 379 g/mol. The molecular formula is C17H16ClFN4O2S. The van der Waals surface area contributed by atoms with Gasteiger partial charge in [0.25, 0.3) is 0 Å². The Morgan fingerprint density at radius 3 is 2.85 bits per heavy atom. The Morgan fingerprint density at radius 2 is 2.15 bits per heavy atom. The van der Waals surface area contributed by atoms with Crippen molar-refractivity contribution in [1.29, 1.82) is 0 Å². The quantitative estimate of drug-likeness (QED) is 0.591. The second kappa shape index (κ2) is 8.20. The van der Waals surface area contributed by atoms with Crippen LogP contribution in [0.1, 0.15) is 11.1 Å². The number of halogens is 2. The van der Waals surface area contributed by atoms with Crippen LogP contribution in [0.25, 0.3) is 0 Å². The van der Waals surface area contributed by atoms with E-state index in [1.165, 1.54) is 12.1 Å². The van der Waals surface area contributed by atoms with Crippen molar-refractivity contribution in [1.82, 2.24) is 14.9 Å². The Kier molecular flexibility index (Phi) is 5.75. The molecule has 0 saturated heterocycles. The molecule has 3 aromatic rings. The highest BCUT2D eigenvalue weighted by molar-refractivity contribution is 7.71. The zero-order valence-corrected chi connectivity index (χ0v) is 15.4. The molecule has 26 heavy (non-hydrogen) atoms. The molecule has 0 radical (unpaired) electrons. The van der Waals surface area contributed by atoms with Crippen LogP contribution in [0.15, 0.2) is 42.7 Å². The van der Waals surface area contributed by atoms with Crippen LogP contribution in [0.4, 0.5) is 4.39 Å². The third kappa shape index (κ3) is 4.14. The van der Waals surface area contributed by atoms with Crippen molar-refractivity contribution >= 4 is 23.8 Å². The highest BCUT2D eigenvalue weighted by Crippen LogP contribution is 2.32. The molecule has 0 saturated carbocycles. The molecule has 0 aliphatic heterocycles. The molecule has 0 unspecified atom stereocenters. The minimum Gasteiger partial charge on any atom is -0.493 e. The van der Waals surface area contributed by atoms with E-state index in [1.807, 2.05) is 12.1 Å². The van der Waals surface area contributed by atoms with E-state index in [4.69, 9.17) is 33.3 Å². The van der Waals surface area contributed by atoms with E-state index in [2.05, 4.69) is 15.6 Å². The lowest BCUT2D eigenvalue weighted by molar-refractivity contribution is 0.281. The van der Waals surface area contributed by atoms with E-state index >= 15 is 0 Å². The third-order valence-corrected chi connectivity index (χ3v) is 4.30. The lowest BCUT2D eigenvalue weighted by Crippen LogP contribution is -2.14. The summed E-state index contributed by atoms with van der Waals surface area (Å²) in [6.45, 7) is 0.606. The summed E-state index contributed by atoms with van der Waals surface area (Å²) in [6, 6.07) is 9.76. The lowest BCUT2D eigenvalue weighted by Gasteiger charge is -2.16. The summed E-state index contributed by atoms with van der Waals surface area (Å²) in [4.78, 5) is 0. The van der Waals surface area contributed by atoms with Crippen LogP contribution in [0.5, 0.6) is 11.5 Å². The maximum atomic E-state index is 13.2. The zero-order valence-electron chi connectivity index (χ0n) is 13.8. The monoisotopic (exact) mass is 394 g/mol. The number of H-pyrrole nitrogens is 1. The minimum absolute atomic E-state index is 0.178. The van der Waals surface area contributed by atoms with Gasteiger partial charge in [-0.05, 0) is 30.4 Å². The van der Waals surface area contributed by atoms with Gasteiger partial charge in [-0.1, -0.05) is 29.8 Å². The van der Waals surface area contributed by atoms with E-state index in [1.54, 1.807) is 30.2 Å². The summed E-state index contributed by atoms with van der Waals surface area (Å²) >= 11 is 11.2. The minimum atomic E-state index is -0.391. The number of nitrogens with one attached hydrogen (secondary N) is 2. The largest absolute Gasteiger partial charge is 0.493 e. The molecule has 0 fully saturated rings. The Balaban J connectivity index is 1.80. The van der Waals surface area contributed by atoms with Gasteiger partial charge in [0.2, 0.25) is 4.77 Å². The summed E-state index contributed by atoms with van der Waals surface area (Å²) in [7, 11) is 1.57. The molecule has 1 heterocycles. The first-order valence-electron chi connectivity index (χ1n) is 7.67. The Labute approximate surface area is 159 Å². The van der Waals surface area contributed by atoms with Gasteiger partial charge in [0.1, 0.15) is 18.8 Å². The molecule has 0 atom stereocenters. The number of aromatic nitrogens is 3. The second-order valence-electron chi connectivity index (χ2n) is 5.34. The number of ether oxygens (including phenoxy) is 2. The van der Waals surface area contributed by atoms with Crippen LogP contribution < -0.4 is 14.9 Å². The zero-order chi connectivity index (χ0) is 18.5. The van der Waals surface area contributed by atoms with E-state index in [0.717, 1.165) is 5.56 Å². The molecule has 0 aliphatic rings. The summed E-state index contributed by atoms with van der Waals surface area (Å²) < 4.78 is 26.6. The maximum absolute atomic E-state index is 13.2. The van der Waals surface area contributed by atoms with Crippen molar-refractivity contribution in [3.05, 3.63) is 69.5 Å². The second-order valence-corrected chi connectivity index (χ2v) is 6.13.